The summed E-state index contributed by atoms with van der Waals surface area (Å²) in [5.74, 6) is -0.400. The van der Waals surface area contributed by atoms with Gasteiger partial charge >= 0.3 is 5.97 Å². The summed E-state index contributed by atoms with van der Waals surface area (Å²) in [5.41, 5.74) is 11.6. The van der Waals surface area contributed by atoms with E-state index in [4.69, 9.17) is 11.5 Å². The van der Waals surface area contributed by atoms with Gasteiger partial charge in [0.25, 0.3) is 0 Å². The van der Waals surface area contributed by atoms with E-state index in [1.165, 1.54) is 13.3 Å². The summed E-state index contributed by atoms with van der Waals surface area (Å²) < 4.78 is 4.68. The van der Waals surface area contributed by atoms with Gasteiger partial charge in [-0.05, 0) is 18.9 Å². The fourth-order valence-electron chi connectivity index (χ4n) is 2.33. The topological polar surface area (TPSA) is 112 Å². The Morgan fingerprint density at radius 1 is 1.50 bits per heavy atom. The van der Waals surface area contributed by atoms with Crippen molar-refractivity contribution in [3.8, 4) is 0 Å². The van der Waals surface area contributed by atoms with Gasteiger partial charge in [-0.3, -0.25) is 4.79 Å². The van der Waals surface area contributed by atoms with E-state index in [-0.39, 0.29) is 23.1 Å². The monoisotopic (exact) mass is 278 g/mol. The number of primary amides is 1. The fourth-order valence-corrected chi connectivity index (χ4v) is 2.33. The van der Waals surface area contributed by atoms with Crippen LogP contribution >= 0.6 is 0 Å². The van der Waals surface area contributed by atoms with Crippen LogP contribution in [0.1, 0.15) is 23.2 Å². The number of pyridine rings is 1. The number of amides is 1. The molecule has 2 rings (SSSR count). The van der Waals surface area contributed by atoms with E-state index >= 15 is 0 Å². The minimum absolute atomic E-state index is 0.190. The molecule has 1 unspecified atom stereocenters. The molecule has 0 aromatic carbocycles. The average Bonchev–Trinajstić information content (AvgIpc) is 2.47. The Kier molecular flexibility index (Phi) is 4.07. The first-order valence-electron chi connectivity index (χ1n) is 6.41. The predicted octanol–water partition coefficient (Wildman–Crippen LogP) is 0.152. The number of carbonyl (C=O) groups is 2. The van der Waals surface area contributed by atoms with E-state index in [1.54, 1.807) is 6.07 Å². The van der Waals surface area contributed by atoms with Crippen LogP contribution < -0.4 is 16.4 Å². The Labute approximate surface area is 116 Å². The number of rotatable bonds is 3. The van der Waals surface area contributed by atoms with Gasteiger partial charge < -0.3 is 21.1 Å². The van der Waals surface area contributed by atoms with Crippen LogP contribution in [0.2, 0.25) is 0 Å². The number of methoxy groups -OCH3 is 1. The lowest BCUT2D eigenvalue weighted by Gasteiger charge is -2.32. The molecule has 0 spiro atoms. The SMILES string of the molecule is COC(=O)c1cc(N2CCCC(C(N)=O)C2)ncc1N. The second-order valence-electron chi connectivity index (χ2n) is 4.81. The van der Waals surface area contributed by atoms with E-state index in [2.05, 4.69) is 9.72 Å². The summed E-state index contributed by atoms with van der Waals surface area (Å²) in [7, 11) is 1.30. The molecule has 7 nitrogen and oxygen atoms in total. The minimum atomic E-state index is -0.505. The number of nitrogens with zero attached hydrogens (tertiary/aromatic N) is 2. The van der Waals surface area contributed by atoms with Gasteiger partial charge in [0.15, 0.2) is 0 Å². The number of anilines is 2. The van der Waals surface area contributed by atoms with Gasteiger partial charge in [0.1, 0.15) is 5.82 Å². The van der Waals surface area contributed by atoms with Crippen LogP contribution in [0.3, 0.4) is 0 Å². The average molecular weight is 278 g/mol. The summed E-state index contributed by atoms with van der Waals surface area (Å²) >= 11 is 0. The van der Waals surface area contributed by atoms with Crippen molar-refractivity contribution in [1.82, 2.24) is 4.98 Å². The number of hydrogen-bond acceptors (Lipinski definition) is 6. The van der Waals surface area contributed by atoms with Gasteiger partial charge in [-0.1, -0.05) is 0 Å². The molecule has 4 N–H and O–H groups in total. The molecular formula is C13H18N4O3. The molecular weight excluding hydrogens is 260 g/mol. The minimum Gasteiger partial charge on any atom is -0.465 e. The smallest absolute Gasteiger partial charge is 0.340 e. The fraction of sp³-hybridized carbons (Fsp3) is 0.462. The standard InChI is InChI=1S/C13H18N4O3/c1-20-13(19)9-5-11(16-6-10(9)14)17-4-2-3-8(7-17)12(15)18/h5-6,8H,2-4,7,14H2,1H3,(H2,15,18). The molecule has 1 aromatic heterocycles. The predicted molar refractivity (Wildman–Crippen MR) is 74.1 cm³/mol. The van der Waals surface area contributed by atoms with Gasteiger partial charge in [-0.2, -0.15) is 0 Å². The maximum atomic E-state index is 11.6. The Morgan fingerprint density at radius 3 is 2.90 bits per heavy atom. The van der Waals surface area contributed by atoms with Crippen molar-refractivity contribution < 1.29 is 14.3 Å². The van der Waals surface area contributed by atoms with Gasteiger partial charge in [0.2, 0.25) is 5.91 Å². The van der Waals surface area contributed by atoms with Crippen molar-refractivity contribution in [3.63, 3.8) is 0 Å². The lowest BCUT2D eigenvalue weighted by molar-refractivity contribution is -0.122. The summed E-state index contributed by atoms with van der Waals surface area (Å²) in [6.07, 6.45) is 3.06. The summed E-state index contributed by atoms with van der Waals surface area (Å²) in [4.78, 5) is 29.1. The second kappa shape index (κ2) is 5.77. The zero-order chi connectivity index (χ0) is 14.7. The largest absolute Gasteiger partial charge is 0.465 e. The highest BCUT2D eigenvalue weighted by molar-refractivity contribution is 5.95. The second-order valence-corrected chi connectivity index (χ2v) is 4.81. The number of esters is 1. The van der Waals surface area contributed by atoms with Crippen LogP contribution in [0, 0.1) is 5.92 Å². The Balaban J connectivity index is 2.24. The number of nitrogen functional groups attached to an aromatic ring is 1. The molecule has 0 bridgehead atoms. The van der Waals surface area contributed by atoms with Crippen LogP contribution in [-0.4, -0.2) is 37.1 Å². The zero-order valence-corrected chi connectivity index (χ0v) is 11.3. The molecule has 1 amide bonds. The molecule has 1 saturated heterocycles. The lowest BCUT2D eigenvalue weighted by Crippen LogP contribution is -2.41. The third kappa shape index (κ3) is 2.81. The van der Waals surface area contributed by atoms with Crippen LogP contribution in [0.25, 0.3) is 0 Å². The van der Waals surface area contributed by atoms with Crippen molar-refractivity contribution in [1.29, 1.82) is 0 Å². The molecule has 20 heavy (non-hydrogen) atoms. The van der Waals surface area contributed by atoms with Crippen molar-refractivity contribution in [2.75, 3.05) is 30.8 Å². The maximum absolute atomic E-state index is 11.6. The van der Waals surface area contributed by atoms with Crippen molar-refractivity contribution in [2.24, 2.45) is 11.7 Å². The molecule has 1 aliphatic heterocycles. The highest BCUT2D eigenvalue weighted by Gasteiger charge is 2.25. The Bertz CT molecular complexity index is 532. The molecule has 1 aromatic rings. The summed E-state index contributed by atoms with van der Waals surface area (Å²) in [5, 5.41) is 0. The molecule has 0 aliphatic carbocycles. The first-order valence-corrected chi connectivity index (χ1v) is 6.41. The van der Waals surface area contributed by atoms with Crippen molar-refractivity contribution in [3.05, 3.63) is 17.8 Å². The molecule has 0 saturated carbocycles. The zero-order valence-electron chi connectivity index (χ0n) is 11.3. The molecule has 1 atom stereocenters. The highest BCUT2D eigenvalue weighted by atomic mass is 16.5. The van der Waals surface area contributed by atoms with Crippen molar-refractivity contribution in [2.45, 2.75) is 12.8 Å². The third-order valence-corrected chi connectivity index (χ3v) is 3.47. The van der Waals surface area contributed by atoms with Gasteiger partial charge in [-0.25, -0.2) is 9.78 Å². The number of hydrogen-bond donors (Lipinski definition) is 2. The molecule has 1 fully saturated rings. The summed E-state index contributed by atoms with van der Waals surface area (Å²) in [6.45, 7) is 1.27. The van der Waals surface area contributed by atoms with E-state index in [1.807, 2.05) is 4.90 Å². The molecule has 2 heterocycles. The molecule has 1 aliphatic rings. The first kappa shape index (κ1) is 14.1. The normalized spacial score (nSPS) is 18.6. The quantitative estimate of drug-likeness (QED) is 0.761. The number of ether oxygens (including phenoxy) is 1. The number of aromatic nitrogens is 1. The number of piperidine rings is 1. The van der Waals surface area contributed by atoms with Crippen LogP contribution in [0.4, 0.5) is 11.5 Å². The third-order valence-electron chi connectivity index (χ3n) is 3.47. The van der Waals surface area contributed by atoms with Crippen LogP contribution in [0.15, 0.2) is 12.3 Å². The maximum Gasteiger partial charge on any atom is 0.340 e. The van der Waals surface area contributed by atoms with Gasteiger partial charge in [-0.15, -0.1) is 0 Å². The first-order chi connectivity index (χ1) is 9.52. The van der Waals surface area contributed by atoms with Gasteiger partial charge in [0.05, 0.1) is 30.5 Å². The Hall–Kier alpha value is -2.31. The van der Waals surface area contributed by atoms with Gasteiger partial charge in [0, 0.05) is 13.1 Å². The van der Waals surface area contributed by atoms with E-state index < -0.39 is 5.97 Å². The molecule has 0 radical (unpaired) electrons. The van der Waals surface area contributed by atoms with Crippen LogP contribution in [-0.2, 0) is 9.53 Å². The number of nitrogens with two attached hydrogens (primary N) is 2. The molecule has 7 heteroatoms. The highest BCUT2D eigenvalue weighted by Crippen LogP contribution is 2.24. The lowest BCUT2D eigenvalue weighted by atomic mass is 9.97. The van der Waals surface area contributed by atoms with E-state index in [0.29, 0.717) is 12.4 Å². The molecule has 108 valence electrons. The van der Waals surface area contributed by atoms with Crippen LogP contribution in [0.5, 0.6) is 0 Å². The van der Waals surface area contributed by atoms with E-state index in [9.17, 15) is 9.59 Å². The van der Waals surface area contributed by atoms with E-state index in [0.717, 1.165) is 19.4 Å². The Morgan fingerprint density at radius 2 is 2.25 bits per heavy atom. The van der Waals surface area contributed by atoms with Crippen molar-refractivity contribution >= 4 is 23.4 Å². The summed E-state index contributed by atoms with van der Waals surface area (Å²) in [6, 6.07) is 1.59. The number of carbonyl (C=O) groups excluding carboxylic acids is 2.